The van der Waals surface area contributed by atoms with Gasteiger partial charge in [0.2, 0.25) is 0 Å². The molecule has 0 saturated carbocycles. The maximum absolute atomic E-state index is 11.9. The second-order valence-electron chi connectivity index (χ2n) is 5.56. The van der Waals surface area contributed by atoms with E-state index >= 15 is 0 Å². The van der Waals surface area contributed by atoms with Crippen LogP contribution in [0.15, 0.2) is 85.1 Å². The Balaban J connectivity index is 1.51. The number of hydrogen-bond donors (Lipinski definition) is 3. The Morgan fingerprint density at radius 2 is 1.50 bits per heavy atom. The molecule has 130 valence electrons. The molecule has 0 spiro atoms. The number of hydrogen-bond acceptors (Lipinski definition) is 2. The minimum absolute atomic E-state index is 0.313. The first-order valence-corrected chi connectivity index (χ1v) is 8.49. The molecule has 0 bridgehead atoms. The van der Waals surface area contributed by atoms with E-state index in [1.165, 1.54) is 0 Å². The fraction of sp³-hybridized carbons (Fsp3) is 0. The van der Waals surface area contributed by atoms with Crippen LogP contribution >= 0.6 is 11.6 Å². The van der Waals surface area contributed by atoms with Gasteiger partial charge in [0, 0.05) is 28.3 Å². The zero-order valence-corrected chi connectivity index (χ0v) is 14.7. The zero-order valence-electron chi connectivity index (χ0n) is 13.9. The molecule has 0 saturated heterocycles. The predicted molar refractivity (Wildman–Crippen MR) is 109 cm³/mol. The number of benzene rings is 3. The van der Waals surface area contributed by atoms with Gasteiger partial charge in [0.1, 0.15) is 0 Å². The minimum atomic E-state index is -0.313. The SMILES string of the molecule is O=C(N/C=C/c1cccc(Cl)c1)Nc1ccc(Nc2ccccc2)cc1. The van der Waals surface area contributed by atoms with E-state index in [-0.39, 0.29) is 6.03 Å². The fourth-order valence-corrected chi connectivity index (χ4v) is 2.51. The van der Waals surface area contributed by atoms with Crippen molar-refractivity contribution in [2.75, 3.05) is 10.6 Å². The lowest BCUT2D eigenvalue weighted by atomic mass is 10.2. The molecule has 3 aromatic rings. The fourth-order valence-electron chi connectivity index (χ4n) is 2.32. The van der Waals surface area contributed by atoms with E-state index in [1.807, 2.05) is 72.8 Å². The summed E-state index contributed by atoms with van der Waals surface area (Å²) in [5.74, 6) is 0. The molecule has 0 heterocycles. The van der Waals surface area contributed by atoms with Crippen molar-refractivity contribution in [3.63, 3.8) is 0 Å². The first-order chi connectivity index (χ1) is 12.7. The van der Waals surface area contributed by atoms with E-state index in [1.54, 1.807) is 18.3 Å². The van der Waals surface area contributed by atoms with E-state index in [4.69, 9.17) is 11.6 Å². The highest BCUT2D eigenvalue weighted by atomic mass is 35.5. The normalized spacial score (nSPS) is 10.5. The zero-order chi connectivity index (χ0) is 18.2. The molecule has 0 aliphatic heterocycles. The number of halogens is 1. The number of urea groups is 1. The summed E-state index contributed by atoms with van der Waals surface area (Å²) in [5, 5.41) is 9.38. The summed E-state index contributed by atoms with van der Waals surface area (Å²) in [6.07, 6.45) is 3.35. The molecule has 3 rings (SSSR count). The number of amides is 2. The van der Waals surface area contributed by atoms with Crippen molar-refractivity contribution in [3.8, 4) is 0 Å². The standard InChI is InChI=1S/C21H18ClN3O/c22-17-6-4-5-16(15-17)13-14-23-21(26)25-20-11-9-19(10-12-20)24-18-7-2-1-3-8-18/h1-15,24H,(H2,23,25,26)/b14-13+. The monoisotopic (exact) mass is 363 g/mol. The highest BCUT2D eigenvalue weighted by molar-refractivity contribution is 6.30. The average Bonchev–Trinajstić information content (AvgIpc) is 2.64. The Labute approximate surface area is 157 Å². The molecule has 0 radical (unpaired) electrons. The lowest BCUT2D eigenvalue weighted by molar-refractivity contribution is 0.255. The average molecular weight is 364 g/mol. The molecule has 3 N–H and O–H groups in total. The maximum Gasteiger partial charge on any atom is 0.323 e. The van der Waals surface area contributed by atoms with Crippen molar-refractivity contribution < 1.29 is 4.79 Å². The van der Waals surface area contributed by atoms with Gasteiger partial charge in [-0.05, 0) is 60.2 Å². The predicted octanol–water partition coefficient (Wildman–Crippen LogP) is 5.88. The van der Waals surface area contributed by atoms with Gasteiger partial charge in [0.25, 0.3) is 0 Å². The molecule has 4 nitrogen and oxygen atoms in total. The van der Waals surface area contributed by atoms with Crippen molar-refractivity contribution in [2.45, 2.75) is 0 Å². The van der Waals surface area contributed by atoms with E-state index in [0.29, 0.717) is 10.7 Å². The first-order valence-electron chi connectivity index (χ1n) is 8.11. The van der Waals surface area contributed by atoms with Gasteiger partial charge < -0.3 is 16.0 Å². The van der Waals surface area contributed by atoms with Crippen molar-refractivity contribution in [2.24, 2.45) is 0 Å². The minimum Gasteiger partial charge on any atom is -0.356 e. The summed E-state index contributed by atoms with van der Waals surface area (Å²) in [7, 11) is 0. The van der Waals surface area contributed by atoms with Crippen LogP contribution in [0.3, 0.4) is 0 Å². The molecule has 0 aliphatic carbocycles. The molecular weight excluding hydrogens is 346 g/mol. The van der Waals surface area contributed by atoms with E-state index in [2.05, 4.69) is 16.0 Å². The van der Waals surface area contributed by atoms with Crippen molar-refractivity contribution in [3.05, 3.63) is 95.6 Å². The Bertz CT molecular complexity index is 893. The molecule has 0 atom stereocenters. The summed E-state index contributed by atoms with van der Waals surface area (Å²) in [6, 6.07) is 24.5. The van der Waals surface area contributed by atoms with Crippen LogP contribution in [-0.2, 0) is 0 Å². The summed E-state index contributed by atoms with van der Waals surface area (Å²) in [4.78, 5) is 11.9. The topological polar surface area (TPSA) is 53.2 Å². The lowest BCUT2D eigenvalue weighted by Crippen LogP contribution is -2.23. The third-order valence-electron chi connectivity index (χ3n) is 3.54. The highest BCUT2D eigenvalue weighted by Gasteiger charge is 2.00. The van der Waals surface area contributed by atoms with Gasteiger partial charge in [-0.15, -0.1) is 0 Å². The third kappa shape index (κ3) is 5.40. The number of anilines is 3. The molecule has 3 aromatic carbocycles. The Morgan fingerprint density at radius 1 is 0.808 bits per heavy atom. The summed E-state index contributed by atoms with van der Waals surface area (Å²) >= 11 is 5.92. The van der Waals surface area contributed by atoms with Crippen LogP contribution in [-0.4, -0.2) is 6.03 Å². The molecule has 2 amide bonds. The van der Waals surface area contributed by atoms with Crippen LogP contribution in [0.2, 0.25) is 5.02 Å². The molecule has 0 unspecified atom stereocenters. The number of rotatable bonds is 5. The van der Waals surface area contributed by atoms with Gasteiger partial charge in [-0.1, -0.05) is 41.9 Å². The van der Waals surface area contributed by atoms with Crippen molar-refractivity contribution in [1.82, 2.24) is 5.32 Å². The van der Waals surface area contributed by atoms with Gasteiger partial charge in [-0.3, -0.25) is 0 Å². The number of carbonyl (C=O) groups excluding carboxylic acids is 1. The van der Waals surface area contributed by atoms with Gasteiger partial charge in [-0.2, -0.15) is 0 Å². The number of para-hydroxylation sites is 1. The van der Waals surface area contributed by atoms with Crippen LogP contribution < -0.4 is 16.0 Å². The summed E-state index contributed by atoms with van der Waals surface area (Å²) in [6.45, 7) is 0. The van der Waals surface area contributed by atoms with Crippen molar-refractivity contribution >= 4 is 40.8 Å². The van der Waals surface area contributed by atoms with Gasteiger partial charge in [0.15, 0.2) is 0 Å². The smallest absolute Gasteiger partial charge is 0.323 e. The quantitative estimate of drug-likeness (QED) is 0.530. The Morgan fingerprint density at radius 3 is 2.23 bits per heavy atom. The lowest BCUT2D eigenvalue weighted by Gasteiger charge is -2.08. The molecule has 0 aliphatic rings. The van der Waals surface area contributed by atoms with Crippen LogP contribution in [0.25, 0.3) is 6.08 Å². The second-order valence-corrected chi connectivity index (χ2v) is 5.99. The van der Waals surface area contributed by atoms with Gasteiger partial charge in [0.05, 0.1) is 0 Å². The third-order valence-corrected chi connectivity index (χ3v) is 3.78. The van der Waals surface area contributed by atoms with Crippen molar-refractivity contribution in [1.29, 1.82) is 0 Å². The largest absolute Gasteiger partial charge is 0.356 e. The Hall–Kier alpha value is -3.24. The Kier molecular flexibility index (Phi) is 5.91. The molecular formula is C21H18ClN3O. The highest BCUT2D eigenvalue weighted by Crippen LogP contribution is 2.18. The van der Waals surface area contributed by atoms with E-state index < -0.39 is 0 Å². The maximum atomic E-state index is 11.9. The molecule has 26 heavy (non-hydrogen) atoms. The van der Waals surface area contributed by atoms with Crippen LogP contribution in [0.5, 0.6) is 0 Å². The van der Waals surface area contributed by atoms with E-state index in [0.717, 1.165) is 16.9 Å². The van der Waals surface area contributed by atoms with Gasteiger partial charge in [-0.25, -0.2) is 4.79 Å². The number of nitrogens with one attached hydrogen (secondary N) is 3. The number of carbonyl (C=O) groups is 1. The van der Waals surface area contributed by atoms with E-state index in [9.17, 15) is 4.79 Å². The first kappa shape index (κ1) is 17.6. The van der Waals surface area contributed by atoms with Crippen LogP contribution in [0.4, 0.5) is 21.9 Å². The van der Waals surface area contributed by atoms with Gasteiger partial charge >= 0.3 is 6.03 Å². The molecule has 5 heteroatoms. The summed E-state index contributed by atoms with van der Waals surface area (Å²) in [5.41, 5.74) is 3.58. The van der Waals surface area contributed by atoms with Crippen LogP contribution in [0, 0.1) is 0 Å². The molecule has 0 fully saturated rings. The van der Waals surface area contributed by atoms with Crippen LogP contribution in [0.1, 0.15) is 5.56 Å². The molecule has 0 aromatic heterocycles. The summed E-state index contributed by atoms with van der Waals surface area (Å²) < 4.78 is 0. The second kappa shape index (κ2) is 8.74.